The van der Waals surface area contributed by atoms with E-state index in [1.165, 1.54) is 16.7 Å². The SMILES string of the molecule is CCON=C(C(=O)N[C@H]1C(=O)N2C(C(=O)O)=C(C[n+]3ccn4c(NCCCN)cccc43)CS[C@@H]12)c1csc(N)n1. The lowest BCUT2D eigenvalue weighted by molar-refractivity contribution is -0.662. The van der Waals surface area contributed by atoms with E-state index in [0.29, 0.717) is 17.9 Å². The van der Waals surface area contributed by atoms with Gasteiger partial charge in [0, 0.05) is 35.4 Å². The minimum Gasteiger partial charge on any atom is -0.477 e. The first-order valence-electron chi connectivity index (χ1n) is 12.9. The Kier molecular flexibility index (Phi) is 8.41. The molecule has 14 nitrogen and oxygen atoms in total. The molecule has 0 saturated carbocycles. The van der Waals surface area contributed by atoms with Crippen LogP contribution in [0.15, 0.2) is 52.4 Å². The summed E-state index contributed by atoms with van der Waals surface area (Å²) in [6.45, 7) is 3.53. The molecule has 5 heterocycles. The van der Waals surface area contributed by atoms with Crippen LogP contribution >= 0.6 is 23.1 Å². The molecule has 3 aromatic heterocycles. The molecule has 2 amide bonds. The number of nitrogen functional groups attached to an aromatic ring is 1. The minimum atomic E-state index is -1.20. The number of nitrogens with one attached hydrogen (secondary N) is 2. The van der Waals surface area contributed by atoms with Gasteiger partial charge >= 0.3 is 5.97 Å². The standard InChI is InChI=1S/C25H29N9O5S2/c1-2-39-31-18(15-13-41-25(27)29-15)21(35)30-19-22(36)34-20(24(37)38)14(12-40-23(19)34)11-32-9-10-33-16(28-8-4-7-26)5-3-6-17(32)33/h3,5-6,9-10,13,19,23H,2,4,7-8,11-12,26H2,1H3,(H4,27,29,30,35,37,38)/p+1/t19-,23-/m0/s1. The summed E-state index contributed by atoms with van der Waals surface area (Å²) >= 11 is 2.53. The summed E-state index contributed by atoms with van der Waals surface area (Å²) in [4.78, 5) is 49.1. The summed E-state index contributed by atoms with van der Waals surface area (Å²) < 4.78 is 3.92. The molecule has 2 aliphatic heterocycles. The summed E-state index contributed by atoms with van der Waals surface area (Å²) in [7, 11) is 0. The van der Waals surface area contributed by atoms with Crippen LogP contribution in [-0.2, 0) is 25.8 Å². The van der Waals surface area contributed by atoms with Gasteiger partial charge in [-0.3, -0.25) is 14.5 Å². The van der Waals surface area contributed by atoms with E-state index in [4.69, 9.17) is 16.3 Å². The highest BCUT2D eigenvalue weighted by Crippen LogP contribution is 2.40. The molecule has 216 valence electrons. The largest absolute Gasteiger partial charge is 0.477 e. The first-order valence-corrected chi connectivity index (χ1v) is 14.8. The van der Waals surface area contributed by atoms with Crippen LogP contribution in [0.4, 0.5) is 10.9 Å². The number of fused-ring (bicyclic) bond motifs is 2. The van der Waals surface area contributed by atoms with E-state index in [1.807, 2.05) is 39.6 Å². The Bertz CT molecular complexity index is 1550. The lowest BCUT2D eigenvalue weighted by atomic mass is 10.0. The van der Waals surface area contributed by atoms with Gasteiger partial charge in [-0.2, -0.15) is 4.40 Å². The number of nitrogens with zero attached hydrogens (tertiary/aromatic N) is 5. The molecule has 2 aliphatic rings. The Hall–Kier alpha value is -4.15. The summed E-state index contributed by atoms with van der Waals surface area (Å²) in [6.07, 6.45) is 4.60. The van der Waals surface area contributed by atoms with Gasteiger partial charge in [0.15, 0.2) is 16.7 Å². The number of oxime groups is 1. The molecule has 2 atom stereocenters. The van der Waals surface area contributed by atoms with Gasteiger partial charge in [-0.15, -0.1) is 23.1 Å². The van der Waals surface area contributed by atoms with E-state index < -0.39 is 29.2 Å². The number of thiazole rings is 1. The number of carbonyl (C=O) groups excluding carboxylic acids is 2. The molecule has 0 unspecified atom stereocenters. The molecular weight excluding hydrogens is 570 g/mol. The van der Waals surface area contributed by atoms with Crippen molar-refractivity contribution in [1.29, 1.82) is 0 Å². The van der Waals surface area contributed by atoms with E-state index in [-0.39, 0.29) is 35.4 Å². The highest BCUT2D eigenvalue weighted by Gasteiger charge is 2.54. The van der Waals surface area contributed by atoms with Gasteiger partial charge in [0.1, 0.15) is 48.4 Å². The highest BCUT2D eigenvalue weighted by atomic mass is 32.2. The average molecular weight is 601 g/mol. The van der Waals surface area contributed by atoms with E-state index in [1.54, 1.807) is 12.3 Å². The quantitative estimate of drug-likeness (QED) is 0.0631. The predicted molar refractivity (Wildman–Crippen MR) is 154 cm³/mol. The van der Waals surface area contributed by atoms with Crippen LogP contribution in [0.3, 0.4) is 0 Å². The molecule has 0 aliphatic carbocycles. The third-order valence-corrected chi connectivity index (χ3v) is 8.56. The van der Waals surface area contributed by atoms with Crippen LogP contribution in [0, 0.1) is 0 Å². The van der Waals surface area contributed by atoms with Crippen LogP contribution in [-0.4, -0.2) is 79.8 Å². The highest BCUT2D eigenvalue weighted by molar-refractivity contribution is 8.00. The maximum absolute atomic E-state index is 13.2. The number of hydrogen-bond donors (Lipinski definition) is 5. The van der Waals surface area contributed by atoms with E-state index >= 15 is 0 Å². The third-order valence-electron chi connectivity index (χ3n) is 6.54. The maximum atomic E-state index is 13.2. The zero-order chi connectivity index (χ0) is 29.1. The predicted octanol–water partition coefficient (Wildman–Crippen LogP) is 0.206. The molecule has 3 aromatic rings. The first kappa shape index (κ1) is 28.4. The summed E-state index contributed by atoms with van der Waals surface area (Å²) in [5.41, 5.74) is 12.8. The zero-order valence-electron chi connectivity index (χ0n) is 22.1. The number of amides is 2. The number of anilines is 2. The van der Waals surface area contributed by atoms with Gasteiger partial charge in [0.2, 0.25) is 0 Å². The van der Waals surface area contributed by atoms with Crippen molar-refractivity contribution < 1.29 is 28.9 Å². The average Bonchev–Trinajstić information content (AvgIpc) is 3.58. The number of hydrogen-bond acceptors (Lipinski definition) is 11. The minimum absolute atomic E-state index is 0.0659. The smallest absolute Gasteiger partial charge is 0.352 e. The van der Waals surface area contributed by atoms with Gasteiger partial charge in [-0.05, 0) is 26.0 Å². The van der Waals surface area contributed by atoms with E-state index in [0.717, 1.165) is 35.8 Å². The molecule has 0 radical (unpaired) electrons. The number of β-lactam (4-membered cyclic amide) rings is 1. The van der Waals surface area contributed by atoms with Crippen LogP contribution in [0.1, 0.15) is 19.0 Å². The van der Waals surface area contributed by atoms with Gasteiger partial charge in [-0.1, -0.05) is 5.16 Å². The van der Waals surface area contributed by atoms with Gasteiger partial charge in [0.05, 0.1) is 0 Å². The van der Waals surface area contributed by atoms with Crippen molar-refractivity contribution >= 4 is 63.2 Å². The lowest BCUT2D eigenvalue weighted by Crippen LogP contribution is -2.71. The first-order chi connectivity index (χ1) is 19.8. The van der Waals surface area contributed by atoms with E-state index in [2.05, 4.69) is 20.8 Å². The number of aromatic nitrogens is 3. The number of carboxylic acids is 1. The second kappa shape index (κ2) is 12.2. The molecule has 0 bridgehead atoms. The molecule has 7 N–H and O–H groups in total. The number of aliphatic carboxylic acids is 1. The number of thioether (sulfide) groups is 1. The van der Waals surface area contributed by atoms with Crippen molar-refractivity contribution in [3.8, 4) is 0 Å². The van der Waals surface area contributed by atoms with Gasteiger partial charge in [0.25, 0.3) is 17.5 Å². The molecule has 0 spiro atoms. The van der Waals surface area contributed by atoms with Gasteiger partial charge in [-0.25, -0.2) is 14.3 Å². The molecule has 5 rings (SSSR count). The van der Waals surface area contributed by atoms with Crippen molar-refractivity contribution in [3.63, 3.8) is 0 Å². The molecule has 0 aromatic carbocycles. The number of imidazole rings is 1. The Morgan fingerprint density at radius 2 is 2.20 bits per heavy atom. The van der Waals surface area contributed by atoms with Crippen LogP contribution in [0.25, 0.3) is 5.65 Å². The van der Waals surface area contributed by atoms with Crippen molar-refractivity contribution in [1.82, 2.24) is 19.6 Å². The number of pyridine rings is 1. The van der Waals surface area contributed by atoms with Crippen molar-refractivity contribution in [2.45, 2.75) is 31.3 Å². The Morgan fingerprint density at radius 1 is 1.37 bits per heavy atom. The van der Waals surface area contributed by atoms with Crippen molar-refractivity contribution in [2.75, 3.05) is 36.5 Å². The normalized spacial score (nSPS) is 18.7. The van der Waals surface area contributed by atoms with Crippen LogP contribution < -0.4 is 26.7 Å². The fraction of sp³-hybridized carbons (Fsp3) is 0.360. The number of carbonyl (C=O) groups is 3. The molecule has 1 saturated heterocycles. The van der Waals surface area contributed by atoms with Crippen LogP contribution in [0.5, 0.6) is 0 Å². The molecular formula is C25H30N9O5S2+. The summed E-state index contributed by atoms with van der Waals surface area (Å²) in [6, 6.07) is 4.88. The van der Waals surface area contributed by atoms with Gasteiger partial charge < -0.3 is 32.0 Å². The monoisotopic (exact) mass is 600 g/mol. The molecule has 16 heteroatoms. The number of nitrogens with two attached hydrogens (primary N) is 2. The third kappa shape index (κ3) is 5.57. The van der Waals surface area contributed by atoms with Crippen molar-refractivity contribution in [2.24, 2.45) is 10.9 Å². The van der Waals surface area contributed by atoms with E-state index in [9.17, 15) is 19.5 Å². The maximum Gasteiger partial charge on any atom is 0.352 e. The number of rotatable bonds is 12. The summed E-state index contributed by atoms with van der Waals surface area (Å²) in [5.74, 6) is -1.13. The fourth-order valence-electron chi connectivity index (χ4n) is 4.67. The molecule has 41 heavy (non-hydrogen) atoms. The topological polar surface area (TPSA) is 194 Å². The Morgan fingerprint density at radius 3 is 2.90 bits per heavy atom. The molecule has 1 fully saturated rings. The lowest BCUT2D eigenvalue weighted by Gasteiger charge is -2.49. The zero-order valence-corrected chi connectivity index (χ0v) is 23.8. The Balaban J connectivity index is 1.35. The fourth-order valence-corrected chi connectivity index (χ4v) is 6.55. The second-order valence-corrected chi connectivity index (χ2v) is 11.2. The second-order valence-electron chi connectivity index (χ2n) is 9.18. The number of carboxylic acid groups (broad SMARTS) is 1. The summed E-state index contributed by atoms with van der Waals surface area (Å²) in [5, 5.41) is 21.3. The van der Waals surface area contributed by atoms with Crippen molar-refractivity contribution in [3.05, 3.63) is 52.9 Å². The Labute approximate surface area is 243 Å². The van der Waals surface area contributed by atoms with Crippen LogP contribution in [0.2, 0.25) is 0 Å².